The normalized spacial score (nSPS) is 15.0. The average molecular weight is 402 g/mol. The largest absolute Gasteiger partial charge is 0.491 e. The molecule has 1 heterocycles. The van der Waals surface area contributed by atoms with E-state index in [2.05, 4.69) is 15.8 Å². The van der Waals surface area contributed by atoms with Crippen LogP contribution in [-0.2, 0) is 4.74 Å². The second-order valence-electron chi connectivity index (χ2n) is 5.71. The lowest BCUT2D eigenvalue weighted by molar-refractivity contribution is -0.906. The van der Waals surface area contributed by atoms with Crippen LogP contribution in [0.2, 0.25) is 5.02 Å². The second kappa shape index (κ2) is 11.2. The van der Waals surface area contributed by atoms with Gasteiger partial charge in [-0.1, -0.05) is 11.6 Å². The molecule has 0 aliphatic carbocycles. The molecule has 1 aromatic rings. The van der Waals surface area contributed by atoms with E-state index in [0.717, 1.165) is 45.0 Å². The van der Waals surface area contributed by atoms with Gasteiger partial charge < -0.3 is 24.4 Å². The van der Waals surface area contributed by atoms with Crippen LogP contribution in [0.25, 0.3) is 0 Å². The van der Waals surface area contributed by atoms with E-state index in [1.165, 1.54) is 4.90 Å². The molecule has 1 aromatic carbocycles. The number of methoxy groups -OCH3 is 1. The first-order valence-corrected chi connectivity index (χ1v) is 9.41. The molecule has 1 aliphatic heterocycles. The van der Waals surface area contributed by atoms with Crippen LogP contribution in [0.15, 0.2) is 17.2 Å². The summed E-state index contributed by atoms with van der Waals surface area (Å²) in [6, 6.07) is 3.57. The molecule has 26 heavy (non-hydrogen) atoms. The summed E-state index contributed by atoms with van der Waals surface area (Å²) in [6.07, 6.45) is 1.63. The third kappa shape index (κ3) is 6.60. The zero-order valence-corrected chi connectivity index (χ0v) is 16.7. The third-order valence-electron chi connectivity index (χ3n) is 3.88. The van der Waals surface area contributed by atoms with E-state index in [1.54, 1.807) is 19.4 Å². The fourth-order valence-electron chi connectivity index (χ4n) is 2.59. The monoisotopic (exact) mass is 401 g/mol. The van der Waals surface area contributed by atoms with Gasteiger partial charge in [0, 0.05) is 0 Å². The van der Waals surface area contributed by atoms with Crippen molar-refractivity contribution in [3.63, 3.8) is 0 Å². The minimum atomic E-state index is 0.467. The molecule has 0 bridgehead atoms. The molecule has 0 aromatic heterocycles. The maximum atomic E-state index is 6.22. The molecule has 1 aliphatic rings. The number of hydrazone groups is 1. The Bertz CT molecular complexity index is 624. The molecule has 0 amide bonds. The summed E-state index contributed by atoms with van der Waals surface area (Å²) in [5.41, 5.74) is 3.59. The minimum absolute atomic E-state index is 0.467. The Kier molecular flexibility index (Phi) is 8.90. The number of rotatable bonds is 8. The Morgan fingerprint density at radius 2 is 2.19 bits per heavy atom. The molecule has 1 fully saturated rings. The summed E-state index contributed by atoms with van der Waals surface area (Å²) in [5, 5.41) is 8.25. The molecule has 0 unspecified atom stereocenters. The summed E-state index contributed by atoms with van der Waals surface area (Å²) >= 11 is 11.4. The third-order valence-corrected chi connectivity index (χ3v) is 4.40. The highest BCUT2D eigenvalue weighted by atomic mass is 35.5. The first kappa shape index (κ1) is 20.7. The topological polar surface area (TPSA) is 68.5 Å². The van der Waals surface area contributed by atoms with Crippen molar-refractivity contribution < 1.29 is 19.1 Å². The molecule has 0 spiro atoms. The zero-order valence-electron chi connectivity index (χ0n) is 15.1. The Balaban J connectivity index is 1.80. The smallest absolute Gasteiger partial charge is 0.187 e. The van der Waals surface area contributed by atoms with Crippen molar-refractivity contribution in [2.75, 3.05) is 53.1 Å². The number of nitrogens with zero attached hydrogens (tertiary/aromatic N) is 1. The number of quaternary nitrogens is 1. The zero-order chi connectivity index (χ0) is 18.8. The Labute approximate surface area is 164 Å². The number of hydrogen-bond donors (Lipinski definition) is 3. The predicted octanol–water partition coefficient (Wildman–Crippen LogP) is 0.460. The van der Waals surface area contributed by atoms with E-state index in [1.807, 2.05) is 13.0 Å². The van der Waals surface area contributed by atoms with E-state index in [0.29, 0.717) is 28.2 Å². The lowest BCUT2D eigenvalue weighted by Crippen LogP contribution is -3.14. The minimum Gasteiger partial charge on any atom is -0.491 e. The number of ether oxygens (including phenoxy) is 3. The first-order valence-electron chi connectivity index (χ1n) is 8.62. The summed E-state index contributed by atoms with van der Waals surface area (Å²) < 4.78 is 16.2. The lowest BCUT2D eigenvalue weighted by Gasteiger charge is -2.23. The van der Waals surface area contributed by atoms with Crippen molar-refractivity contribution >= 4 is 35.1 Å². The van der Waals surface area contributed by atoms with Gasteiger partial charge in [-0.25, -0.2) is 0 Å². The maximum Gasteiger partial charge on any atom is 0.187 e. The maximum absolute atomic E-state index is 6.22. The van der Waals surface area contributed by atoms with E-state index >= 15 is 0 Å². The van der Waals surface area contributed by atoms with Crippen LogP contribution in [0.1, 0.15) is 12.5 Å². The van der Waals surface area contributed by atoms with Gasteiger partial charge in [0.1, 0.15) is 13.1 Å². The van der Waals surface area contributed by atoms with Crippen LogP contribution >= 0.6 is 23.8 Å². The van der Waals surface area contributed by atoms with E-state index < -0.39 is 0 Å². The van der Waals surface area contributed by atoms with Crippen molar-refractivity contribution in [1.82, 2.24) is 10.7 Å². The van der Waals surface area contributed by atoms with Gasteiger partial charge in [-0.05, 0) is 36.8 Å². The van der Waals surface area contributed by atoms with E-state index in [9.17, 15) is 0 Å². The van der Waals surface area contributed by atoms with Gasteiger partial charge in [0.2, 0.25) is 0 Å². The Morgan fingerprint density at radius 1 is 1.42 bits per heavy atom. The molecular formula is C17H26ClN4O3S+. The first-order chi connectivity index (χ1) is 12.6. The highest BCUT2D eigenvalue weighted by Crippen LogP contribution is 2.35. The van der Waals surface area contributed by atoms with Gasteiger partial charge in [0.15, 0.2) is 16.6 Å². The second-order valence-corrected chi connectivity index (χ2v) is 6.52. The van der Waals surface area contributed by atoms with Crippen molar-refractivity contribution in [3.05, 3.63) is 22.7 Å². The molecule has 0 atom stereocenters. The summed E-state index contributed by atoms with van der Waals surface area (Å²) in [6.45, 7) is 7.96. The number of halogens is 1. The number of hydrogen-bond acceptors (Lipinski definition) is 5. The Hall–Kier alpha value is -1.61. The van der Waals surface area contributed by atoms with Gasteiger partial charge in [-0.3, -0.25) is 5.43 Å². The van der Waals surface area contributed by atoms with Crippen LogP contribution in [0.4, 0.5) is 0 Å². The molecule has 2 rings (SSSR count). The Morgan fingerprint density at radius 3 is 2.88 bits per heavy atom. The average Bonchev–Trinajstić information content (AvgIpc) is 2.63. The molecule has 144 valence electrons. The van der Waals surface area contributed by atoms with Crippen LogP contribution in [0, 0.1) is 0 Å². The summed E-state index contributed by atoms with van der Waals surface area (Å²) in [7, 11) is 1.56. The van der Waals surface area contributed by atoms with Crippen LogP contribution in [-0.4, -0.2) is 64.4 Å². The number of benzene rings is 1. The van der Waals surface area contributed by atoms with Gasteiger partial charge in [0.25, 0.3) is 0 Å². The SMILES string of the molecule is CCOc1cc(/C=N\NC(=S)NCC[NH+]2CCOCC2)cc(Cl)c1OC. The predicted molar refractivity (Wildman–Crippen MR) is 107 cm³/mol. The standard InChI is InChI=1S/C17H25ClN4O3S/c1-3-25-15-11-13(10-14(18)16(15)23-2)12-20-21-17(26)19-4-5-22-6-8-24-9-7-22/h10-12H,3-9H2,1-2H3,(H2,19,21,26)/p+1/b20-12-. The summed E-state index contributed by atoms with van der Waals surface area (Å²) in [4.78, 5) is 1.52. The molecule has 0 saturated carbocycles. The van der Waals surface area contributed by atoms with Crippen molar-refractivity contribution in [3.8, 4) is 11.5 Å². The highest BCUT2D eigenvalue weighted by molar-refractivity contribution is 7.80. The molecule has 7 nitrogen and oxygen atoms in total. The number of morpholine rings is 1. The van der Waals surface area contributed by atoms with Gasteiger partial charge in [-0.2, -0.15) is 5.10 Å². The van der Waals surface area contributed by atoms with Crippen molar-refractivity contribution in [2.24, 2.45) is 5.10 Å². The van der Waals surface area contributed by atoms with Crippen molar-refractivity contribution in [2.45, 2.75) is 6.92 Å². The summed E-state index contributed by atoms with van der Waals surface area (Å²) in [5.74, 6) is 1.10. The quantitative estimate of drug-likeness (QED) is 0.334. The molecule has 9 heteroatoms. The molecule has 3 N–H and O–H groups in total. The fraction of sp³-hybridized carbons (Fsp3) is 0.529. The van der Waals surface area contributed by atoms with Crippen LogP contribution in [0.5, 0.6) is 11.5 Å². The van der Waals surface area contributed by atoms with Crippen LogP contribution in [0.3, 0.4) is 0 Å². The molecule has 1 saturated heterocycles. The van der Waals surface area contributed by atoms with E-state index in [4.69, 9.17) is 38.0 Å². The van der Waals surface area contributed by atoms with Gasteiger partial charge >= 0.3 is 0 Å². The molecular weight excluding hydrogens is 376 g/mol. The number of nitrogens with one attached hydrogen (secondary N) is 3. The molecule has 0 radical (unpaired) electrons. The van der Waals surface area contributed by atoms with E-state index in [-0.39, 0.29) is 0 Å². The van der Waals surface area contributed by atoms with Gasteiger partial charge in [0.05, 0.1) is 51.3 Å². The lowest BCUT2D eigenvalue weighted by atomic mass is 10.2. The highest BCUT2D eigenvalue weighted by Gasteiger charge is 2.13. The fourth-order valence-corrected chi connectivity index (χ4v) is 3.04. The van der Waals surface area contributed by atoms with Gasteiger partial charge in [-0.15, -0.1) is 0 Å². The van der Waals surface area contributed by atoms with Crippen molar-refractivity contribution in [1.29, 1.82) is 0 Å². The van der Waals surface area contributed by atoms with Crippen LogP contribution < -0.4 is 25.1 Å². The number of thiocarbonyl (C=S) groups is 1.